The normalized spacial score (nSPS) is 15.1. The number of fused-ring (bicyclic) bond motifs is 1. The highest BCUT2D eigenvalue weighted by Crippen LogP contribution is 2.29. The number of benzene rings is 3. The van der Waals surface area contributed by atoms with E-state index in [-0.39, 0.29) is 5.91 Å². The molecule has 0 aliphatic carbocycles. The molecule has 0 N–H and O–H groups in total. The van der Waals surface area contributed by atoms with Gasteiger partial charge in [0.1, 0.15) is 11.5 Å². The number of hydrogen-bond donors (Lipinski definition) is 0. The first-order chi connectivity index (χ1) is 16.3. The molecule has 3 aromatic carbocycles. The first-order valence-corrected chi connectivity index (χ1v) is 11.7. The van der Waals surface area contributed by atoms with E-state index in [1.165, 1.54) is 11.1 Å². The largest absolute Gasteiger partial charge is 0.333 e. The van der Waals surface area contributed by atoms with Gasteiger partial charge in [0.05, 0.1) is 0 Å². The second kappa shape index (κ2) is 9.86. The molecule has 4 nitrogen and oxygen atoms in total. The Morgan fingerprint density at radius 1 is 0.879 bits per heavy atom. The minimum Gasteiger partial charge on any atom is -0.333 e. The zero-order valence-electron chi connectivity index (χ0n) is 18.8. The van der Waals surface area contributed by atoms with Gasteiger partial charge in [-0.05, 0) is 29.5 Å². The first kappa shape index (κ1) is 21.2. The predicted molar refractivity (Wildman–Crippen MR) is 131 cm³/mol. The van der Waals surface area contributed by atoms with Crippen molar-refractivity contribution in [2.45, 2.75) is 38.3 Å². The minimum absolute atomic E-state index is 0.00736. The van der Waals surface area contributed by atoms with Crippen molar-refractivity contribution in [3.63, 3.8) is 0 Å². The molecule has 0 spiro atoms. The molecule has 2 heterocycles. The molecule has 0 fully saturated rings. The van der Waals surface area contributed by atoms with Crippen molar-refractivity contribution < 1.29 is 4.79 Å². The fourth-order valence-corrected chi connectivity index (χ4v) is 4.67. The molecule has 4 aromatic rings. The Morgan fingerprint density at radius 2 is 1.52 bits per heavy atom. The summed E-state index contributed by atoms with van der Waals surface area (Å²) in [5.41, 5.74) is 4.28. The summed E-state index contributed by atoms with van der Waals surface area (Å²) in [6.07, 6.45) is 4.75. The molecule has 0 radical (unpaired) electrons. The van der Waals surface area contributed by atoms with Crippen LogP contribution in [0.15, 0.2) is 97.2 Å². The summed E-state index contributed by atoms with van der Waals surface area (Å²) in [4.78, 5) is 20.3. The SMILES string of the molecule is O=C(c1cn2c(n1)CC[C@@H](c1ccccc1)C2)N(CCc1ccccc1)Cc1ccccc1. The Labute approximate surface area is 195 Å². The van der Waals surface area contributed by atoms with Gasteiger partial charge < -0.3 is 9.47 Å². The van der Waals surface area contributed by atoms with E-state index in [1.54, 1.807) is 0 Å². The van der Waals surface area contributed by atoms with Crippen LogP contribution in [0.5, 0.6) is 0 Å². The smallest absolute Gasteiger partial charge is 0.274 e. The van der Waals surface area contributed by atoms with Crippen molar-refractivity contribution >= 4 is 5.91 Å². The maximum Gasteiger partial charge on any atom is 0.274 e. The van der Waals surface area contributed by atoms with E-state index in [0.717, 1.165) is 37.2 Å². The van der Waals surface area contributed by atoms with Gasteiger partial charge in [0, 0.05) is 38.2 Å². The number of amides is 1. The molecule has 4 heteroatoms. The fourth-order valence-electron chi connectivity index (χ4n) is 4.67. The third-order valence-electron chi connectivity index (χ3n) is 6.50. The molecule has 33 heavy (non-hydrogen) atoms. The van der Waals surface area contributed by atoms with Crippen LogP contribution < -0.4 is 0 Å². The summed E-state index contributed by atoms with van der Waals surface area (Å²) in [5, 5.41) is 0. The molecule has 1 amide bonds. The van der Waals surface area contributed by atoms with Crippen molar-refractivity contribution in [1.29, 1.82) is 0 Å². The van der Waals surface area contributed by atoms with Crippen LogP contribution in [0.4, 0.5) is 0 Å². The predicted octanol–water partition coefficient (Wildman–Crippen LogP) is 5.50. The van der Waals surface area contributed by atoms with Crippen LogP contribution in [0.3, 0.4) is 0 Å². The second-order valence-electron chi connectivity index (χ2n) is 8.79. The van der Waals surface area contributed by atoms with Crippen LogP contribution >= 0.6 is 0 Å². The third kappa shape index (κ3) is 5.06. The molecule has 0 saturated heterocycles. The Hall–Kier alpha value is -3.66. The van der Waals surface area contributed by atoms with Crippen LogP contribution in [0.1, 0.15) is 45.3 Å². The van der Waals surface area contributed by atoms with Crippen molar-refractivity contribution in [2.24, 2.45) is 0 Å². The van der Waals surface area contributed by atoms with Gasteiger partial charge >= 0.3 is 0 Å². The molecule has 166 valence electrons. The van der Waals surface area contributed by atoms with Gasteiger partial charge in [-0.1, -0.05) is 91.0 Å². The lowest BCUT2D eigenvalue weighted by molar-refractivity contribution is 0.0739. The summed E-state index contributed by atoms with van der Waals surface area (Å²) >= 11 is 0. The quantitative estimate of drug-likeness (QED) is 0.385. The van der Waals surface area contributed by atoms with Crippen LogP contribution in [0, 0.1) is 0 Å². The van der Waals surface area contributed by atoms with Crippen LogP contribution in [-0.4, -0.2) is 26.9 Å². The summed E-state index contributed by atoms with van der Waals surface area (Å²) in [5.74, 6) is 1.50. The standard InChI is InChI=1S/C29H29N3O/c33-29(27-22-32-21-26(16-17-28(32)30-27)25-14-8-3-9-15-25)31(20-24-12-6-2-7-13-24)19-18-23-10-4-1-5-11-23/h1-15,22,26H,16-21H2/t26-/m1/s1. The number of carbonyl (C=O) groups is 1. The molecule has 1 aliphatic heterocycles. The Kier molecular flexibility index (Phi) is 6.34. The topological polar surface area (TPSA) is 38.1 Å². The van der Waals surface area contributed by atoms with E-state index in [0.29, 0.717) is 24.7 Å². The maximum atomic E-state index is 13.6. The van der Waals surface area contributed by atoms with Gasteiger partial charge in [0.2, 0.25) is 0 Å². The van der Waals surface area contributed by atoms with E-state index in [2.05, 4.69) is 59.2 Å². The molecule has 1 atom stereocenters. The number of carbonyl (C=O) groups excluding carboxylic acids is 1. The third-order valence-corrected chi connectivity index (χ3v) is 6.50. The van der Waals surface area contributed by atoms with Crippen LogP contribution in [0.25, 0.3) is 0 Å². The van der Waals surface area contributed by atoms with Crippen LogP contribution in [0.2, 0.25) is 0 Å². The van der Waals surface area contributed by atoms with Gasteiger partial charge in [0.15, 0.2) is 0 Å². The molecule has 0 unspecified atom stereocenters. The average Bonchev–Trinajstić information content (AvgIpc) is 3.31. The Balaban J connectivity index is 1.35. The van der Waals surface area contributed by atoms with Crippen molar-refractivity contribution in [3.8, 4) is 0 Å². The van der Waals surface area contributed by atoms with E-state index < -0.39 is 0 Å². The van der Waals surface area contributed by atoms with Crippen LogP contribution in [-0.2, 0) is 25.9 Å². The van der Waals surface area contributed by atoms with Crippen molar-refractivity contribution in [1.82, 2.24) is 14.5 Å². The Bertz CT molecular complexity index is 1190. The molecule has 5 rings (SSSR count). The summed E-state index contributed by atoms with van der Waals surface area (Å²) < 4.78 is 2.19. The highest BCUT2D eigenvalue weighted by Gasteiger charge is 2.25. The summed E-state index contributed by atoms with van der Waals surface area (Å²) in [6.45, 7) is 2.12. The summed E-state index contributed by atoms with van der Waals surface area (Å²) in [7, 11) is 0. The fraction of sp³-hybridized carbons (Fsp3) is 0.241. The molecule has 1 aromatic heterocycles. The van der Waals surface area contributed by atoms with Crippen molar-refractivity contribution in [3.05, 3.63) is 125 Å². The average molecular weight is 436 g/mol. The second-order valence-corrected chi connectivity index (χ2v) is 8.79. The monoisotopic (exact) mass is 435 g/mol. The summed E-state index contributed by atoms with van der Waals surface area (Å²) in [6, 6.07) is 31.2. The number of nitrogens with zero attached hydrogens (tertiary/aromatic N) is 3. The van der Waals surface area contributed by atoms with Gasteiger partial charge in [-0.15, -0.1) is 0 Å². The van der Waals surface area contributed by atoms with Gasteiger partial charge in [-0.2, -0.15) is 0 Å². The lowest BCUT2D eigenvalue weighted by Gasteiger charge is -2.23. The number of aryl methyl sites for hydroxylation is 1. The van der Waals surface area contributed by atoms with Gasteiger partial charge in [-0.25, -0.2) is 4.98 Å². The van der Waals surface area contributed by atoms with E-state index in [1.807, 2.05) is 47.5 Å². The zero-order valence-corrected chi connectivity index (χ0v) is 18.8. The molecule has 1 aliphatic rings. The molecule has 0 bridgehead atoms. The zero-order chi connectivity index (χ0) is 22.5. The van der Waals surface area contributed by atoms with Gasteiger partial charge in [0.25, 0.3) is 5.91 Å². The minimum atomic E-state index is 0.00736. The number of imidazole rings is 1. The lowest BCUT2D eigenvalue weighted by atomic mass is 9.92. The number of rotatable bonds is 7. The highest BCUT2D eigenvalue weighted by molar-refractivity contribution is 5.92. The molecule has 0 saturated carbocycles. The highest BCUT2D eigenvalue weighted by atomic mass is 16.2. The van der Waals surface area contributed by atoms with Gasteiger partial charge in [-0.3, -0.25) is 4.79 Å². The lowest BCUT2D eigenvalue weighted by Crippen LogP contribution is -2.32. The van der Waals surface area contributed by atoms with E-state index in [4.69, 9.17) is 4.98 Å². The van der Waals surface area contributed by atoms with Crippen molar-refractivity contribution in [2.75, 3.05) is 6.54 Å². The number of aromatic nitrogens is 2. The molecular weight excluding hydrogens is 406 g/mol. The first-order valence-electron chi connectivity index (χ1n) is 11.7. The Morgan fingerprint density at radius 3 is 2.21 bits per heavy atom. The maximum absolute atomic E-state index is 13.6. The van der Waals surface area contributed by atoms with E-state index >= 15 is 0 Å². The van der Waals surface area contributed by atoms with E-state index in [9.17, 15) is 4.79 Å². The number of hydrogen-bond acceptors (Lipinski definition) is 2. The molecular formula is C29H29N3O.